The van der Waals surface area contributed by atoms with E-state index < -0.39 is 23.5 Å². The van der Waals surface area contributed by atoms with Crippen LogP contribution < -0.4 is 5.32 Å². The summed E-state index contributed by atoms with van der Waals surface area (Å²) in [6.07, 6.45) is 0.617. The number of alkyl carbamates (subject to hydrolysis) is 1. The van der Waals surface area contributed by atoms with Crippen LogP contribution in [0.15, 0.2) is 48.5 Å². The summed E-state index contributed by atoms with van der Waals surface area (Å²) in [6.45, 7) is 1.36. The second-order valence-corrected chi connectivity index (χ2v) is 9.28. The van der Waals surface area contributed by atoms with Crippen molar-refractivity contribution in [3.05, 3.63) is 59.7 Å². The minimum Gasteiger partial charge on any atom is -0.481 e. The molecule has 0 radical (unpaired) electrons. The van der Waals surface area contributed by atoms with Gasteiger partial charge in [0.1, 0.15) is 6.61 Å². The van der Waals surface area contributed by atoms with Gasteiger partial charge >= 0.3 is 12.1 Å². The van der Waals surface area contributed by atoms with Crippen molar-refractivity contribution in [2.45, 2.75) is 31.2 Å². The third kappa shape index (κ3) is 4.25. The summed E-state index contributed by atoms with van der Waals surface area (Å²) in [5.41, 5.74) is 3.93. The van der Waals surface area contributed by atoms with Crippen LogP contribution in [0, 0.1) is 5.41 Å². The lowest BCUT2D eigenvalue weighted by Gasteiger charge is -2.37. The standard InChI is InChI=1S/C26H28N2O6/c29-23(30)13-17-14-33-12-11-28(17)24(31)26(9-10-26)16-27-25(32)34-15-22-20-7-3-1-5-18(20)19-6-2-4-8-21(19)22/h1-8,17,22H,9-16H2,(H,27,32)(H,29,30). The number of carboxylic acid groups (broad SMARTS) is 1. The lowest BCUT2D eigenvalue weighted by Crippen LogP contribution is -2.53. The van der Waals surface area contributed by atoms with Crippen molar-refractivity contribution < 1.29 is 29.0 Å². The molecule has 0 spiro atoms. The lowest BCUT2D eigenvalue weighted by molar-refractivity contribution is -0.150. The molecule has 1 atom stereocenters. The number of carboxylic acids is 1. The molecule has 1 saturated heterocycles. The number of carbonyl (C=O) groups is 3. The van der Waals surface area contributed by atoms with Crippen molar-refractivity contribution in [3.8, 4) is 11.1 Å². The molecule has 2 aromatic carbocycles. The molecule has 8 heteroatoms. The Labute approximate surface area is 197 Å². The third-order valence-corrected chi connectivity index (χ3v) is 7.12. The zero-order chi connectivity index (χ0) is 23.7. The Kier molecular flexibility index (Phi) is 6.00. The summed E-state index contributed by atoms with van der Waals surface area (Å²) >= 11 is 0. The van der Waals surface area contributed by atoms with E-state index >= 15 is 0 Å². The van der Waals surface area contributed by atoms with Crippen LogP contribution in [0.3, 0.4) is 0 Å². The number of rotatable bonds is 7. The first-order valence-electron chi connectivity index (χ1n) is 11.7. The van der Waals surface area contributed by atoms with Gasteiger partial charge in [-0.1, -0.05) is 48.5 Å². The maximum Gasteiger partial charge on any atom is 0.407 e. The van der Waals surface area contributed by atoms with Crippen molar-refractivity contribution in [1.82, 2.24) is 10.2 Å². The third-order valence-electron chi connectivity index (χ3n) is 7.12. The molecule has 178 valence electrons. The molecule has 1 heterocycles. The molecule has 34 heavy (non-hydrogen) atoms. The number of amides is 2. The Morgan fingerprint density at radius 3 is 2.32 bits per heavy atom. The van der Waals surface area contributed by atoms with Crippen molar-refractivity contribution in [1.29, 1.82) is 0 Å². The summed E-state index contributed by atoms with van der Waals surface area (Å²) < 4.78 is 11.0. The van der Waals surface area contributed by atoms with E-state index in [1.54, 1.807) is 4.90 Å². The summed E-state index contributed by atoms with van der Waals surface area (Å²) in [4.78, 5) is 38.6. The molecule has 5 rings (SSSR count). The second kappa shape index (κ2) is 9.10. The monoisotopic (exact) mass is 464 g/mol. The van der Waals surface area contributed by atoms with Gasteiger partial charge in [-0.2, -0.15) is 0 Å². The molecule has 2 aromatic rings. The van der Waals surface area contributed by atoms with Crippen LogP contribution >= 0.6 is 0 Å². The Morgan fingerprint density at radius 2 is 1.71 bits per heavy atom. The SMILES string of the molecule is O=C(O)CC1COCCN1C(=O)C1(CNC(=O)OCC2c3ccccc3-c3ccccc32)CC1. The van der Waals surface area contributed by atoms with Gasteiger partial charge in [0.2, 0.25) is 5.91 Å². The minimum atomic E-state index is -0.963. The molecule has 0 aromatic heterocycles. The van der Waals surface area contributed by atoms with Crippen molar-refractivity contribution in [2.75, 3.05) is 32.9 Å². The smallest absolute Gasteiger partial charge is 0.407 e. The molecule has 0 bridgehead atoms. The van der Waals surface area contributed by atoms with Crippen LogP contribution in [0.4, 0.5) is 4.79 Å². The first-order valence-corrected chi connectivity index (χ1v) is 11.7. The number of nitrogens with one attached hydrogen (secondary N) is 1. The highest BCUT2D eigenvalue weighted by Gasteiger charge is 2.53. The van der Waals surface area contributed by atoms with Gasteiger partial charge in [-0.25, -0.2) is 4.79 Å². The summed E-state index contributed by atoms with van der Waals surface area (Å²) in [6, 6.07) is 15.8. The summed E-state index contributed by atoms with van der Waals surface area (Å²) in [5, 5.41) is 11.9. The van der Waals surface area contributed by atoms with Gasteiger partial charge in [-0.15, -0.1) is 0 Å². The Morgan fingerprint density at radius 1 is 1.06 bits per heavy atom. The maximum atomic E-state index is 13.2. The van der Waals surface area contributed by atoms with Crippen molar-refractivity contribution in [3.63, 3.8) is 0 Å². The van der Waals surface area contributed by atoms with Crippen LogP contribution in [-0.4, -0.2) is 66.9 Å². The second-order valence-electron chi connectivity index (χ2n) is 9.28. The Hall–Kier alpha value is -3.39. The van der Waals surface area contributed by atoms with E-state index in [1.807, 2.05) is 24.3 Å². The van der Waals surface area contributed by atoms with Crippen molar-refractivity contribution in [2.24, 2.45) is 5.41 Å². The quantitative estimate of drug-likeness (QED) is 0.653. The van der Waals surface area contributed by atoms with Gasteiger partial charge in [0, 0.05) is 19.0 Å². The van der Waals surface area contributed by atoms with Crippen molar-refractivity contribution >= 4 is 18.0 Å². The topological polar surface area (TPSA) is 105 Å². The first kappa shape index (κ1) is 22.4. The molecular formula is C26H28N2O6. The molecule has 2 N–H and O–H groups in total. The van der Waals surface area contributed by atoms with Gasteiger partial charge in [-0.3, -0.25) is 9.59 Å². The van der Waals surface area contributed by atoms with Crippen LogP contribution in [0.25, 0.3) is 11.1 Å². The first-order chi connectivity index (χ1) is 16.5. The maximum absolute atomic E-state index is 13.2. The van der Waals surface area contributed by atoms with Crippen LogP contribution in [0.1, 0.15) is 36.3 Å². The molecule has 1 aliphatic heterocycles. The number of carbonyl (C=O) groups excluding carboxylic acids is 2. The van der Waals surface area contributed by atoms with Crippen LogP contribution in [-0.2, 0) is 19.1 Å². The Bertz CT molecular complexity index is 1070. The highest BCUT2D eigenvalue weighted by molar-refractivity contribution is 5.87. The zero-order valence-electron chi connectivity index (χ0n) is 18.9. The fraction of sp³-hybridized carbons (Fsp3) is 0.423. The van der Waals surface area contributed by atoms with Crippen LogP contribution in [0.5, 0.6) is 0 Å². The van der Waals surface area contributed by atoms with E-state index in [-0.39, 0.29) is 38.0 Å². The van der Waals surface area contributed by atoms with E-state index in [1.165, 1.54) is 0 Å². The normalized spacial score (nSPS) is 20.2. The molecule has 8 nitrogen and oxygen atoms in total. The average Bonchev–Trinajstić information content (AvgIpc) is 3.58. The molecule has 1 unspecified atom stereocenters. The molecular weight excluding hydrogens is 436 g/mol. The van der Waals surface area contributed by atoms with Gasteiger partial charge in [0.05, 0.1) is 31.1 Å². The van der Waals surface area contributed by atoms with E-state index in [0.29, 0.717) is 26.0 Å². The molecule has 1 saturated carbocycles. The fourth-order valence-corrected chi connectivity index (χ4v) is 5.11. The number of hydrogen-bond acceptors (Lipinski definition) is 5. The minimum absolute atomic E-state index is 0.0280. The number of nitrogens with zero attached hydrogens (tertiary/aromatic N) is 1. The van der Waals surface area contributed by atoms with Gasteiger partial charge in [0.15, 0.2) is 0 Å². The highest BCUT2D eigenvalue weighted by Crippen LogP contribution is 2.47. The van der Waals surface area contributed by atoms with E-state index in [9.17, 15) is 14.4 Å². The number of fused-ring (bicyclic) bond motifs is 3. The van der Waals surface area contributed by atoms with Gasteiger partial charge in [0.25, 0.3) is 0 Å². The van der Waals surface area contributed by atoms with E-state index in [0.717, 1.165) is 22.3 Å². The summed E-state index contributed by atoms with van der Waals surface area (Å²) in [5.74, 6) is -1.10. The Balaban J connectivity index is 1.19. The van der Waals surface area contributed by atoms with Crippen LogP contribution in [0.2, 0.25) is 0 Å². The summed E-state index contributed by atoms with van der Waals surface area (Å²) in [7, 11) is 0. The lowest BCUT2D eigenvalue weighted by atomic mass is 9.98. The fourth-order valence-electron chi connectivity index (χ4n) is 5.11. The van der Waals surface area contributed by atoms with Gasteiger partial charge < -0.3 is 24.8 Å². The molecule has 2 fully saturated rings. The van der Waals surface area contributed by atoms with E-state index in [4.69, 9.17) is 14.6 Å². The molecule has 3 aliphatic rings. The predicted molar refractivity (Wildman–Crippen MR) is 123 cm³/mol. The number of morpholine rings is 1. The average molecular weight is 465 g/mol. The van der Waals surface area contributed by atoms with E-state index in [2.05, 4.69) is 29.6 Å². The number of benzene rings is 2. The molecule has 2 amide bonds. The zero-order valence-corrected chi connectivity index (χ0v) is 18.9. The number of ether oxygens (including phenoxy) is 2. The highest BCUT2D eigenvalue weighted by atomic mass is 16.5. The number of hydrogen-bond donors (Lipinski definition) is 2. The predicted octanol–water partition coefficient (Wildman–Crippen LogP) is 3.01. The largest absolute Gasteiger partial charge is 0.481 e. The van der Waals surface area contributed by atoms with Gasteiger partial charge in [-0.05, 0) is 35.1 Å². The molecule has 2 aliphatic carbocycles. The number of aliphatic carboxylic acids is 1.